The molecule has 4 nitrogen and oxygen atoms in total. The first-order valence-electron chi connectivity index (χ1n) is 5.74. The van der Waals surface area contributed by atoms with Gasteiger partial charge in [-0.3, -0.25) is 0 Å². The minimum absolute atomic E-state index is 0.744. The van der Waals surface area contributed by atoms with Crippen LogP contribution in [0.4, 0.5) is 0 Å². The summed E-state index contributed by atoms with van der Waals surface area (Å²) in [6, 6.07) is 10.0. The summed E-state index contributed by atoms with van der Waals surface area (Å²) in [6.45, 7) is 0. The molecule has 0 aliphatic heterocycles. The van der Waals surface area contributed by atoms with Gasteiger partial charge in [-0.05, 0) is 31.4 Å². The molecule has 0 amide bonds. The fourth-order valence-corrected chi connectivity index (χ4v) is 2.31. The van der Waals surface area contributed by atoms with Gasteiger partial charge in [-0.15, -0.1) is 0 Å². The molecular weight excluding hydrogens is 214 g/mol. The molecule has 0 saturated heterocycles. The Hall–Kier alpha value is -2.10. The second-order valence-corrected chi connectivity index (χ2v) is 4.15. The van der Waals surface area contributed by atoms with E-state index in [1.54, 1.807) is 6.20 Å². The maximum atomic E-state index is 8.97. The number of benzene rings is 1. The lowest BCUT2D eigenvalue weighted by atomic mass is 9.96. The quantitative estimate of drug-likeness (QED) is 0.600. The van der Waals surface area contributed by atoms with Crippen LogP contribution in [-0.2, 0) is 6.42 Å². The number of hydrogen-bond donors (Lipinski definition) is 1. The van der Waals surface area contributed by atoms with Crippen molar-refractivity contribution in [3.63, 3.8) is 0 Å². The van der Waals surface area contributed by atoms with Gasteiger partial charge in [0, 0.05) is 5.56 Å². The van der Waals surface area contributed by atoms with Crippen LogP contribution >= 0.6 is 0 Å². The van der Waals surface area contributed by atoms with Crippen LogP contribution in [0.15, 0.2) is 41.7 Å². The molecule has 0 atom stereocenters. The molecule has 3 rings (SSSR count). The first kappa shape index (κ1) is 10.1. The summed E-state index contributed by atoms with van der Waals surface area (Å²) in [7, 11) is 0. The van der Waals surface area contributed by atoms with Crippen molar-refractivity contribution < 1.29 is 5.21 Å². The number of hydrogen-bond acceptors (Lipinski definition) is 3. The van der Waals surface area contributed by atoms with Crippen molar-refractivity contribution in [2.24, 2.45) is 5.16 Å². The zero-order valence-electron chi connectivity index (χ0n) is 9.37. The molecule has 86 valence electrons. The highest BCUT2D eigenvalue weighted by Crippen LogP contribution is 2.23. The maximum absolute atomic E-state index is 8.97. The molecule has 1 N–H and O–H groups in total. The highest BCUT2D eigenvalue weighted by atomic mass is 16.4. The van der Waals surface area contributed by atoms with E-state index in [-0.39, 0.29) is 0 Å². The average Bonchev–Trinajstić information content (AvgIpc) is 2.83. The normalized spacial score (nSPS) is 17.1. The van der Waals surface area contributed by atoms with Crippen molar-refractivity contribution in [1.82, 2.24) is 9.78 Å². The van der Waals surface area contributed by atoms with E-state index in [1.165, 1.54) is 0 Å². The highest BCUT2D eigenvalue weighted by molar-refractivity contribution is 6.01. The van der Waals surface area contributed by atoms with E-state index in [4.69, 9.17) is 5.21 Å². The third kappa shape index (κ3) is 1.62. The topological polar surface area (TPSA) is 50.4 Å². The molecule has 0 unspecified atom stereocenters. The Labute approximate surface area is 99.2 Å². The number of nitrogens with zero attached hydrogens (tertiary/aromatic N) is 3. The van der Waals surface area contributed by atoms with Crippen molar-refractivity contribution in [1.29, 1.82) is 0 Å². The monoisotopic (exact) mass is 227 g/mol. The van der Waals surface area contributed by atoms with E-state index in [2.05, 4.69) is 10.3 Å². The lowest BCUT2D eigenvalue weighted by Crippen LogP contribution is -2.13. The smallest absolute Gasteiger partial charge is 0.0902 e. The zero-order chi connectivity index (χ0) is 11.7. The molecule has 1 heterocycles. The van der Waals surface area contributed by atoms with Gasteiger partial charge in [0.2, 0.25) is 0 Å². The van der Waals surface area contributed by atoms with Crippen LogP contribution in [0, 0.1) is 0 Å². The standard InChI is InChI=1S/C13H13N3O/c17-15-12-7-4-8-13-11(12)9-14-16(13)10-5-2-1-3-6-10/h1-3,5-6,9,17H,4,7-8H2/b15-12-. The number of oxime groups is 1. The largest absolute Gasteiger partial charge is 0.411 e. The van der Waals surface area contributed by atoms with Gasteiger partial charge in [0.1, 0.15) is 0 Å². The molecule has 0 radical (unpaired) electrons. The molecule has 1 aliphatic rings. The molecule has 1 aromatic heterocycles. The number of rotatable bonds is 1. The number of aromatic nitrogens is 2. The van der Waals surface area contributed by atoms with Crippen LogP contribution in [0.5, 0.6) is 0 Å². The first-order valence-corrected chi connectivity index (χ1v) is 5.74. The summed E-state index contributed by atoms with van der Waals surface area (Å²) in [5.74, 6) is 0. The van der Waals surface area contributed by atoms with Crippen LogP contribution in [0.25, 0.3) is 5.69 Å². The van der Waals surface area contributed by atoms with Gasteiger partial charge in [0.15, 0.2) is 0 Å². The fourth-order valence-electron chi connectivity index (χ4n) is 2.31. The Morgan fingerprint density at radius 2 is 2.00 bits per heavy atom. The SMILES string of the molecule is O/N=C1/CCCc2c1cnn2-c1ccccc1. The van der Waals surface area contributed by atoms with Gasteiger partial charge in [0.05, 0.1) is 23.3 Å². The van der Waals surface area contributed by atoms with Crippen LogP contribution in [0.2, 0.25) is 0 Å². The molecule has 4 heteroatoms. The van der Waals surface area contributed by atoms with E-state index in [0.717, 1.165) is 41.9 Å². The molecule has 0 bridgehead atoms. The first-order chi connectivity index (χ1) is 8.40. The Kier molecular flexibility index (Phi) is 2.40. The molecule has 0 saturated carbocycles. The van der Waals surface area contributed by atoms with Crippen molar-refractivity contribution in [2.45, 2.75) is 19.3 Å². The second kappa shape index (κ2) is 4.05. The fraction of sp³-hybridized carbons (Fsp3) is 0.231. The van der Waals surface area contributed by atoms with Crippen LogP contribution in [0.1, 0.15) is 24.1 Å². The molecule has 2 aromatic rings. The van der Waals surface area contributed by atoms with Gasteiger partial charge in [-0.1, -0.05) is 23.4 Å². The van der Waals surface area contributed by atoms with E-state index in [9.17, 15) is 0 Å². The van der Waals surface area contributed by atoms with Crippen LogP contribution in [-0.4, -0.2) is 20.7 Å². The van der Waals surface area contributed by atoms with Gasteiger partial charge in [-0.2, -0.15) is 5.10 Å². The van der Waals surface area contributed by atoms with Crippen molar-refractivity contribution in [2.75, 3.05) is 0 Å². The van der Waals surface area contributed by atoms with Gasteiger partial charge < -0.3 is 5.21 Å². The lowest BCUT2D eigenvalue weighted by molar-refractivity contribution is 0.317. The summed E-state index contributed by atoms with van der Waals surface area (Å²) in [4.78, 5) is 0. The van der Waals surface area contributed by atoms with Crippen molar-refractivity contribution in [3.05, 3.63) is 47.8 Å². The molecule has 1 aromatic carbocycles. The Bertz CT molecular complexity index is 557. The zero-order valence-corrected chi connectivity index (χ0v) is 9.37. The van der Waals surface area contributed by atoms with Crippen LogP contribution in [0.3, 0.4) is 0 Å². The van der Waals surface area contributed by atoms with Crippen molar-refractivity contribution in [3.8, 4) is 5.69 Å². The maximum Gasteiger partial charge on any atom is 0.0902 e. The average molecular weight is 227 g/mol. The second-order valence-electron chi connectivity index (χ2n) is 4.15. The van der Waals surface area contributed by atoms with E-state index in [1.807, 2.05) is 35.0 Å². The Balaban J connectivity index is 2.13. The van der Waals surface area contributed by atoms with Crippen molar-refractivity contribution >= 4 is 5.71 Å². The van der Waals surface area contributed by atoms with E-state index in [0.29, 0.717) is 0 Å². The molecule has 1 aliphatic carbocycles. The molecule has 17 heavy (non-hydrogen) atoms. The summed E-state index contributed by atoms with van der Waals surface area (Å²) >= 11 is 0. The predicted octanol–water partition coefficient (Wildman–Crippen LogP) is 2.39. The molecule has 0 fully saturated rings. The summed E-state index contributed by atoms with van der Waals surface area (Å²) in [5, 5.41) is 16.7. The molecular formula is C13H13N3O. The van der Waals surface area contributed by atoms with E-state index < -0.39 is 0 Å². The summed E-state index contributed by atoms with van der Waals surface area (Å²) in [6.07, 6.45) is 4.59. The van der Waals surface area contributed by atoms with Gasteiger partial charge in [-0.25, -0.2) is 4.68 Å². The predicted molar refractivity (Wildman–Crippen MR) is 64.8 cm³/mol. The van der Waals surface area contributed by atoms with E-state index >= 15 is 0 Å². The number of fused-ring (bicyclic) bond motifs is 1. The Morgan fingerprint density at radius 3 is 2.76 bits per heavy atom. The lowest BCUT2D eigenvalue weighted by Gasteiger charge is -2.14. The minimum atomic E-state index is 0.744. The summed E-state index contributed by atoms with van der Waals surface area (Å²) < 4.78 is 1.93. The third-order valence-electron chi connectivity index (χ3n) is 3.13. The molecule has 0 spiro atoms. The number of para-hydroxylation sites is 1. The van der Waals surface area contributed by atoms with Crippen LogP contribution < -0.4 is 0 Å². The highest BCUT2D eigenvalue weighted by Gasteiger charge is 2.21. The van der Waals surface area contributed by atoms with Gasteiger partial charge >= 0.3 is 0 Å². The third-order valence-corrected chi connectivity index (χ3v) is 3.13. The van der Waals surface area contributed by atoms with Gasteiger partial charge in [0.25, 0.3) is 0 Å². The Morgan fingerprint density at radius 1 is 1.18 bits per heavy atom. The summed E-state index contributed by atoms with van der Waals surface area (Å²) in [5.41, 5.74) is 3.90. The minimum Gasteiger partial charge on any atom is -0.411 e.